The van der Waals surface area contributed by atoms with Crippen molar-refractivity contribution in [2.24, 2.45) is 0 Å². The van der Waals surface area contributed by atoms with E-state index in [9.17, 15) is 4.79 Å². The van der Waals surface area contributed by atoms with Crippen molar-refractivity contribution in [1.82, 2.24) is 0 Å². The zero-order valence-electron chi connectivity index (χ0n) is 21.2. The zero-order valence-corrected chi connectivity index (χ0v) is 21.4. The van der Waals surface area contributed by atoms with Crippen LogP contribution in [-0.2, 0) is 4.79 Å². The maximum absolute atomic E-state index is 10.3. The van der Waals surface area contributed by atoms with Gasteiger partial charge in [0.05, 0.1) is 0 Å². The third-order valence-electron chi connectivity index (χ3n) is 4.95. The average molecular weight is 413 g/mol. The molecular weight excluding hydrogens is 360 g/mol. The summed E-state index contributed by atoms with van der Waals surface area (Å²) in [4.78, 5) is 10.3. The van der Waals surface area contributed by atoms with Gasteiger partial charge in [0, 0.05) is 6.42 Å². The molecule has 0 aliphatic carbocycles. The number of carbonyl (C=O) groups is 1. The molecule has 0 atom stereocenters. The quantitative estimate of drug-likeness (QED) is 0.170. The molecule has 0 aromatic carbocycles. The van der Waals surface area contributed by atoms with Crippen molar-refractivity contribution in [3.8, 4) is 0 Å². The molecule has 0 unspecified atom stereocenters. The first kappa shape index (κ1) is 32.4. The first-order chi connectivity index (χ1) is 12.7. The summed E-state index contributed by atoms with van der Waals surface area (Å²) in [5.41, 5.74) is 0. The van der Waals surface area contributed by atoms with Crippen LogP contribution in [0.5, 0.6) is 0 Å². The minimum absolute atomic E-state index is 0. The molecule has 0 spiro atoms. The van der Waals surface area contributed by atoms with Crippen LogP contribution in [0.1, 0.15) is 152 Å². The van der Waals surface area contributed by atoms with Crippen molar-refractivity contribution in [3.05, 3.63) is 0 Å². The smallest absolute Gasteiger partial charge is 1.00 e. The molecule has 0 saturated carbocycles. The van der Waals surface area contributed by atoms with Crippen LogP contribution in [0, 0.1) is 0 Å². The summed E-state index contributed by atoms with van der Waals surface area (Å²) in [5, 5.41) is 8.52. The third-order valence-corrected chi connectivity index (χ3v) is 4.95. The molecule has 0 radical (unpaired) electrons. The minimum Gasteiger partial charge on any atom is -1.00 e. The molecule has 0 rings (SSSR count). The van der Waals surface area contributed by atoms with Crippen molar-refractivity contribution in [1.29, 1.82) is 0 Å². The van der Waals surface area contributed by atoms with E-state index in [0.717, 1.165) is 12.8 Å². The molecule has 3 heteroatoms. The monoisotopic (exact) mass is 412 g/mol. The molecule has 0 aromatic heterocycles. The molecule has 2 nitrogen and oxygen atoms in total. The summed E-state index contributed by atoms with van der Waals surface area (Å²) >= 11 is 0. The molecule has 0 aromatic rings. The molecule has 0 bridgehead atoms. The summed E-state index contributed by atoms with van der Waals surface area (Å²) < 4.78 is 0. The van der Waals surface area contributed by atoms with Crippen molar-refractivity contribution in [2.75, 3.05) is 0 Å². The van der Waals surface area contributed by atoms with Crippen molar-refractivity contribution in [2.45, 2.75) is 149 Å². The molecule has 0 heterocycles. The normalized spacial score (nSPS) is 10.0. The topological polar surface area (TPSA) is 37.3 Å². The van der Waals surface area contributed by atoms with Crippen LogP contribution >= 0.6 is 0 Å². The maximum atomic E-state index is 10.3. The van der Waals surface area contributed by atoms with E-state index in [0.29, 0.717) is 6.42 Å². The third kappa shape index (κ3) is 38.0. The van der Waals surface area contributed by atoms with Gasteiger partial charge in [-0.3, -0.25) is 4.79 Å². The van der Waals surface area contributed by atoms with Crippen LogP contribution in [0.3, 0.4) is 0 Å². The van der Waals surface area contributed by atoms with Gasteiger partial charge >= 0.3 is 43.7 Å². The second kappa shape index (κ2) is 31.4. The Kier molecular flexibility index (Phi) is 37.7. The van der Waals surface area contributed by atoms with Crippen molar-refractivity contribution in [3.63, 3.8) is 0 Å². The molecule has 1 N–H and O–H groups in total. The Bertz CT molecular complexity index is 263. The van der Waals surface area contributed by atoms with E-state index in [4.69, 9.17) is 5.11 Å². The molecule has 0 amide bonds. The predicted octanol–water partition coefficient (Wildman–Crippen LogP) is 8.76. The Morgan fingerprint density at radius 3 is 1.00 bits per heavy atom. The second-order valence-corrected chi connectivity index (χ2v) is 7.80. The summed E-state index contributed by atoms with van der Waals surface area (Å²) in [5.74, 6) is -0.653. The number of hydrogen-bond donors (Lipinski definition) is 1. The zero-order chi connectivity index (χ0) is 19.7. The fourth-order valence-electron chi connectivity index (χ4n) is 3.15. The Morgan fingerprint density at radius 2 is 0.741 bits per heavy atom. The Morgan fingerprint density at radius 1 is 0.519 bits per heavy atom. The van der Waals surface area contributed by atoms with Crippen LogP contribution in [0.15, 0.2) is 0 Å². The molecular formula is C24H52CaO2. The summed E-state index contributed by atoms with van der Waals surface area (Å²) in [6.07, 6.45) is 25.7. The van der Waals surface area contributed by atoms with Crippen LogP contribution in [0.2, 0.25) is 0 Å². The van der Waals surface area contributed by atoms with Gasteiger partial charge in [0.1, 0.15) is 0 Å². The molecule has 0 saturated heterocycles. The van der Waals surface area contributed by atoms with Crippen LogP contribution in [0.25, 0.3) is 0 Å². The van der Waals surface area contributed by atoms with Gasteiger partial charge in [0.15, 0.2) is 0 Å². The first-order valence-electron chi connectivity index (χ1n) is 11.9. The number of aliphatic carboxylic acids is 1. The Balaban J connectivity index is -0.000000186. The van der Waals surface area contributed by atoms with Crippen LogP contribution < -0.4 is 0 Å². The average Bonchev–Trinajstić information content (AvgIpc) is 2.63. The number of rotatable bonds is 19. The van der Waals surface area contributed by atoms with E-state index in [-0.39, 0.29) is 40.6 Å². The molecule has 0 aliphatic rings. The fourth-order valence-corrected chi connectivity index (χ4v) is 3.15. The van der Waals surface area contributed by atoms with Crippen LogP contribution in [-0.4, -0.2) is 48.8 Å². The van der Waals surface area contributed by atoms with Crippen molar-refractivity contribution >= 4 is 43.7 Å². The van der Waals surface area contributed by atoms with Gasteiger partial charge in [0.25, 0.3) is 0 Å². The number of hydrogen-bond acceptors (Lipinski definition) is 1. The molecule has 162 valence electrons. The van der Waals surface area contributed by atoms with E-state index in [1.807, 2.05) is 0 Å². The first-order valence-corrected chi connectivity index (χ1v) is 11.9. The SMILES string of the molecule is CCCCCC.CCCCCCCCCCCCCCCCCC(=O)O.[Ca+2].[H-].[H-]. The van der Waals surface area contributed by atoms with Gasteiger partial charge in [0.2, 0.25) is 0 Å². The van der Waals surface area contributed by atoms with Crippen LogP contribution in [0.4, 0.5) is 0 Å². The fraction of sp³-hybridized carbons (Fsp3) is 0.958. The van der Waals surface area contributed by atoms with Gasteiger partial charge in [-0.1, -0.05) is 136 Å². The summed E-state index contributed by atoms with van der Waals surface area (Å²) in [6, 6.07) is 0. The van der Waals surface area contributed by atoms with Gasteiger partial charge < -0.3 is 7.96 Å². The van der Waals surface area contributed by atoms with Gasteiger partial charge in [-0.15, -0.1) is 0 Å². The minimum atomic E-state index is -0.653. The van der Waals surface area contributed by atoms with E-state index >= 15 is 0 Å². The van der Waals surface area contributed by atoms with Gasteiger partial charge in [-0.2, -0.15) is 0 Å². The van der Waals surface area contributed by atoms with Crippen molar-refractivity contribution < 1.29 is 12.8 Å². The predicted molar refractivity (Wildman–Crippen MR) is 125 cm³/mol. The van der Waals surface area contributed by atoms with E-state index in [1.165, 1.54) is 109 Å². The largest absolute Gasteiger partial charge is 2.00 e. The Hall–Kier alpha value is 0.730. The standard InChI is InChI=1S/C18H36O2.C6H14.Ca.2H/c1-2-3-4-5-6-7-8-9-10-11-12-13-14-15-16-17-18(19)20;1-3-5-6-4-2;;;/h2-17H2,1H3,(H,19,20);3-6H2,1-2H3;;;/q;;+2;2*-1. The van der Waals surface area contributed by atoms with E-state index in [1.54, 1.807) is 0 Å². The Labute approximate surface area is 204 Å². The molecule has 0 aliphatic heterocycles. The molecule has 0 fully saturated rings. The van der Waals surface area contributed by atoms with E-state index < -0.39 is 5.97 Å². The number of unbranched alkanes of at least 4 members (excludes halogenated alkanes) is 17. The number of carboxylic acids is 1. The number of carboxylic acid groups (broad SMARTS) is 1. The van der Waals surface area contributed by atoms with Gasteiger partial charge in [-0.05, 0) is 6.42 Å². The second-order valence-electron chi connectivity index (χ2n) is 7.80. The molecule has 27 heavy (non-hydrogen) atoms. The van der Waals surface area contributed by atoms with Gasteiger partial charge in [-0.25, -0.2) is 0 Å². The summed E-state index contributed by atoms with van der Waals surface area (Å²) in [6.45, 7) is 6.73. The maximum Gasteiger partial charge on any atom is 2.00 e. The summed E-state index contributed by atoms with van der Waals surface area (Å²) in [7, 11) is 0. The van der Waals surface area contributed by atoms with E-state index in [2.05, 4.69) is 20.8 Å².